The molecule has 0 saturated heterocycles. The summed E-state index contributed by atoms with van der Waals surface area (Å²) in [5.74, 6) is 0. The molecule has 2 rings (SSSR count). The number of nitrogens with one attached hydrogen (secondary N) is 1. The Hall–Kier alpha value is -2.31. The Morgan fingerprint density at radius 1 is 1.26 bits per heavy atom. The number of benzene rings is 1. The molecule has 0 unspecified atom stereocenters. The zero-order chi connectivity index (χ0) is 13.9. The van der Waals surface area contributed by atoms with Gasteiger partial charge in [0.05, 0.1) is 11.2 Å². The molecule has 2 aromatic rings. The molecule has 0 aliphatic carbocycles. The van der Waals surface area contributed by atoms with E-state index in [2.05, 4.69) is 15.0 Å². The highest BCUT2D eigenvalue weighted by molar-refractivity contribution is 5.98. The van der Waals surface area contributed by atoms with Crippen LogP contribution in [-0.4, -0.2) is 23.9 Å². The molecule has 7 heteroatoms. The fourth-order valence-electron chi connectivity index (χ4n) is 1.51. The number of hydrogen-bond donors (Lipinski definition) is 1. The second-order valence-electron chi connectivity index (χ2n) is 3.69. The minimum absolute atomic E-state index is 0.345. The molecular weight excluding hydrogens is 261 g/mol. The predicted octanol–water partition coefficient (Wildman–Crippen LogP) is 3.35. The third-order valence-corrected chi connectivity index (χ3v) is 2.25. The van der Waals surface area contributed by atoms with E-state index in [1.54, 1.807) is 36.5 Å². The molecule has 0 aliphatic rings. The number of aromatic nitrogens is 1. The van der Waals surface area contributed by atoms with Gasteiger partial charge in [-0.2, -0.15) is 13.2 Å². The van der Waals surface area contributed by atoms with Gasteiger partial charge in [-0.15, -0.1) is 0 Å². The van der Waals surface area contributed by atoms with Crippen LogP contribution in [0.2, 0.25) is 0 Å². The van der Waals surface area contributed by atoms with E-state index in [0.717, 1.165) is 0 Å². The Balaban J connectivity index is 2.11. The SMILES string of the molecule is O=C(Nc1cccc2ncccc12)OCC(F)(F)F. The van der Waals surface area contributed by atoms with Crippen molar-refractivity contribution in [3.05, 3.63) is 36.5 Å². The fraction of sp³-hybridized carbons (Fsp3) is 0.167. The molecule has 19 heavy (non-hydrogen) atoms. The van der Waals surface area contributed by atoms with Gasteiger partial charge in [-0.25, -0.2) is 4.79 Å². The summed E-state index contributed by atoms with van der Waals surface area (Å²) in [7, 11) is 0. The van der Waals surface area contributed by atoms with Crippen molar-refractivity contribution in [1.82, 2.24) is 4.98 Å². The average Bonchev–Trinajstić information content (AvgIpc) is 2.36. The van der Waals surface area contributed by atoms with Crippen LogP contribution in [0.4, 0.5) is 23.7 Å². The first-order chi connectivity index (χ1) is 8.96. The Morgan fingerprint density at radius 3 is 2.79 bits per heavy atom. The van der Waals surface area contributed by atoms with Crippen LogP contribution < -0.4 is 5.32 Å². The van der Waals surface area contributed by atoms with Crippen molar-refractivity contribution in [2.45, 2.75) is 6.18 Å². The van der Waals surface area contributed by atoms with E-state index in [1.165, 1.54) is 0 Å². The number of pyridine rings is 1. The van der Waals surface area contributed by atoms with Gasteiger partial charge in [0.25, 0.3) is 0 Å². The number of hydrogen-bond acceptors (Lipinski definition) is 3. The lowest BCUT2D eigenvalue weighted by Crippen LogP contribution is -2.23. The van der Waals surface area contributed by atoms with Crippen molar-refractivity contribution in [2.24, 2.45) is 0 Å². The Morgan fingerprint density at radius 2 is 2.05 bits per heavy atom. The zero-order valence-electron chi connectivity index (χ0n) is 9.57. The van der Waals surface area contributed by atoms with Gasteiger partial charge in [-0.3, -0.25) is 10.3 Å². The van der Waals surface area contributed by atoms with E-state index < -0.39 is 18.9 Å². The average molecular weight is 270 g/mol. The maximum atomic E-state index is 11.9. The van der Waals surface area contributed by atoms with Gasteiger partial charge in [0.15, 0.2) is 6.61 Å². The van der Waals surface area contributed by atoms with Crippen LogP contribution in [-0.2, 0) is 4.74 Å². The van der Waals surface area contributed by atoms with E-state index in [4.69, 9.17) is 0 Å². The normalized spacial score (nSPS) is 11.3. The smallest absolute Gasteiger partial charge is 0.422 e. The lowest BCUT2D eigenvalue weighted by Gasteiger charge is -2.10. The highest BCUT2D eigenvalue weighted by Gasteiger charge is 2.29. The lowest BCUT2D eigenvalue weighted by molar-refractivity contribution is -0.159. The summed E-state index contributed by atoms with van der Waals surface area (Å²) in [6.45, 7) is -1.62. The third kappa shape index (κ3) is 3.57. The molecule has 1 aromatic carbocycles. The summed E-state index contributed by atoms with van der Waals surface area (Å²) < 4.78 is 39.7. The minimum Gasteiger partial charge on any atom is -0.440 e. The van der Waals surface area contributed by atoms with Crippen molar-refractivity contribution in [2.75, 3.05) is 11.9 Å². The van der Waals surface area contributed by atoms with Gasteiger partial charge >= 0.3 is 12.3 Å². The number of alkyl halides is 3. The molecule has 1 aromatic heterocycles. The second kappa shape index (κ2) is 5.13. The first-order valence-electron chi connectivity index (χ1n) is 5.30. The van der Waals surface area contributed by atoms with Gasteiger partial charge in [-0.05, 0) is 24.3 Å². The van der Waals surface area contributed by atoms with E-state index >= 15 is 0 Å². The van der Waals surface area contributed by atoms with Gasteiger partial charge in [0.1, 0.15) is 0 Å². The van der Waals surface area contributed by atoms with Crippen molar-refractivity contribution in [1.29, 1.82) is 0 Å². The first-order valence-corrected chi connectivity index (χ1v) is 5.30. The van der Waals surface area contributed by atoms with E-state index in [-0.39, 0.29) is 0 Å². The van der Waals surface area contributed by atoms with Crippen LogP contribution >= 0.6 is 0 Å². The van der Waals surface area contributed by atoms with E-state index in [1.807, 2.05) is 0 Å². The molecule has 4 nitrogen and oxygen atoms in total. The number of anilines is 1. The molecule has 0 atom stereocenters. The Labute approximate surface area is 106 Å². The van der Waals surface area contributed by atoms with Crippen LogP contribution in [0.5, 0.6) is 0 Å². The predicted molar refractivity (Wildman–Crippen MR) is 62.8 cm³/mol. The third-order valence-electron chi connectivity index (χ3n) is 2.25. The molecule has 1 N–H and O–H groups in total. The summed E-state index contributed by atoms with van der Waals surface area (Å²) >= 11 is 0. The molecule has 0 bridgehead atoms. The molecule has 0 aliphatic heterocycles. The minimum atomic E-state index is -4.54. The van der Waals surface area contributed by atoms with Crippen LogP contribution in [0.3, 0.4) is 0 Å². The summed E-state index contributed by atoms with van der Waals surface area (Å²) in [5, 5.41) is 2.88. The molecular formula is C12H9F3N2O2. The van der Waals surface area contributed by atoms with Gasteiger partial charge in [-0.1, -0.05) is 6.07 Å². The largest absolute Gasteiger partial charge is 0.440 e. The van der Waals surface area contributed by atoms with Crippen molar-refractivity contribution in [3.8, 4) is 0 Å². The summed E-state index contributed by atoms with van der Waals surface area (Å²) in [6.07, 6.45) is -4.13. The molecule has 0 spiro atoms. The quantitative estimate of drug-likeness (QED) is 0.910. The second-order valence-corrected chi connectivity index (χ2v) is 3.69. The number of rotatable bonds is 2. The molecule has 100 valence electrons. The number of fused-ring (bicyclic) bond motifs is 1. The molecule has 1 heterocycles. The topological polar surface area (TPSA) is 51.2 Å². The maximum Gasteiger partial charge on any atom is 0.422 e. The molecule has 1 amide bonds. The van der Waals surface area contributed by atoms with Crippen molar-refractivity contribution in [3.63, 3.8) is 0 Å². The van der Waals surface area contributed by atoms with Gasteiger partial charge in [0.2, 0.25) is 0 Å². The zero-order valence-corrected chi connectivity index (χ0v) is 9.57. The van der Waals surface area contributed by atoms with Crippen molar-refractivity contribution >= 4 is 22.7 Å². The highest BCUT2D eigenvalue weighted by atomic mass is 19.4. The number of halogens is 3. The highest BCUT2D eigenvalue weighted by Crippen LogP contribution is 2.21. The maximum absolute atomic E-state index is 11.9. The Kier molecular flexibility index (Phi) is 3.55. The number of carbonyl (C=O) groups excluding carboxylic acids is 1. The summed E-state index contributed by atoms with van der Waals surface area (Å²) in [6, 6.07) is 8.27. The Bertz CT molecular complexity index is 594. The van der Waals surface area contributed by atoms with Gasteiger partial charge in [0, 0.05) is 11.6 Å². The number of carbonyl (C=O) groups is 1. The van der Waals surface area contributed by atoms with Crippen LogP contribution in [0.15, 0.2) is 36.5 Å². The molecule has 0 saturated carbocycles. The van der Waals surface area contributed by atoms with Crippen LogP contribution in [0.25, 0.3) is 10.9 Å². The first kappa shape index (κ1) is 13.1. The molecule has 0 radical (unpaired) electrons. The summed E-state index contributed by atoms with van der Waals surface area (Å²) in [4.78, 5) is 15.3. The van der Waals surface area contributed by atoms with E-state index in [0.29, 0.717) is 16.6 Å². The number of nitrogens with zero attached hydrogens (tertiary/aromatic N) is 1. The number of ether oxygens (including phenoxy) is 1. The van der Waals surface area contributed by atoms with Gasteiger partial charge < -0.3 is 4.74 Å². The lowest BCUT2D eigenvalue weighted by atomic mass is 10.2. The van der Waals surface area contributed by atoms with Crippen molar-refractivity contribution < 1.29 is 22.7 Å². The standard InChI is InChI=1S/C12H9F3N2O2/c13-12(14,15)7-19-11(18)17-10-5-1-4-9-8(10)3-2-6-16-9/h1-6H,7H2,(H,17,18). The number of amides is 1. The summed E-state index contributed by atoms with van der Waals surface area (Å²) in [5.41, 5.74) is 0.967. The molecule has 0 fully saturated rings. The van der Waals surface area contributed by atoms with E-state index in [9.17, 15) is 18.0 Å². The van der Waals surface area contributed by atoms with Crippen LogP contribution in [0.1, 0.15) is 0 Å². The van der Waals surface area contributed by atoms with Crippen LogP contribution in [0, 0.1) is 0 Å². The fourth-order valence-corrected chi connectivity index (χ4v) is 1.51. The monoisotopic (exact) mass is 270 g/mol.